The first-order chi connectivity index (χ1) is 15.4. The Kier molecular flexibility index (Phi) is 5.51. The highest BCUT2D eigenvalue weighted by molar-refractivity contribution is 6.32. The Morgan fingerprint density at radius 3 is 2.53 bits per heavy atom. The average Bonchev–Trinajstić information content (AvgIpc) is 3.63. The van der Waals surface area contributed by atoms with Gasteiger partial charge in [-0.1, -0.05) is 17.7 Å². The predicted molar refractivity (Wildman–Crippen MR) is 125 cm³/mol. The van der Waals surface area contributed by atoms with Gasteiger partial charge < -0.3 is 16.2 Å². The molecule has 0 atom stereocenters. The molecule has 2 aliphatic rings. The number of carbonyl (C=O) groups is 1. The van der Waals surface area contributed by atoms with Gasteiger partial charge in [-0.2, -0.15) is 0 Å². The minimum atomic E-state index is -0.778. The van der Waals surface area contributed by atoms with Crippen LogP contribution in [-0.4, -0.2) is 28.0 Å². The molecule has 1 aromatic heterocycles. The maximum atomic E-state index is 14.1. The molecular weight excluding hydrogens is 429 g/mol. The summed E-state index contributed by atoms with van der Waals surface area (Å²) >= 11 is 6.00. The third kappa shape index (κ3) is 4.05. The molecule has 1 heterocycles. The Labute approximate surface area is 190 Å². The number of aromatic hydroxyl groups is 1. The average molecular weight is 454 g/mol. The molecule has 0 saturated heterocycles. The highest BCUT2D eigenvalue weighted by atomic mass is 35.5. The molecule has 2 fully saturated rings. The quantitative estimate of drug-likeness (QED) is 0.433. The van der Waals surface area contributed by atoms with Gasteiger partial charge in [0, 0.05) is 29.6 Å². The van der Waals surface area contributed by atoms with E-state index in [1.165, 1.54) is 12.1 Å². The third-order valence-corrected chi connectivity index (χ3v) is 6.84. The van der Waals surface area contributed by atoms with Gasteiger partial charge in [0.15, 0.2) is 17.3 Å². The number of ketones is 1. The first kappa shape index (κ1) is 21.2. The summed E-state index contributed by atoms with van der Waals surface area (Å²) in [5.41, 5.74) is 9.50. The van der Waals surface area contributed by atoms with Crippen molar-refractivity contribution in [3.63, 3.8) is 0 Å². The second-order valence-electron chi connectivity index (χ2n) is 8.96. The molecule has 0 spiro atoms. The number of halogens is 2. The number of phenols is 1. The van der Waals surface area contributed by atoms with Crippen molar-refractivity contribution in [1.82, 2.24) is 4.98 Å². The van der Waals surface area contributed by atoms with E-state index >= 15 is 0 Å². The second-order valence-corrected chi connectivity index (χ2v) is 9.37. The van der Waals surface area contributed by atoms with Crippen molar-refractivity contribution in [3.8, 4) is 16.9 Å². The number of nitrogens with two attached hydrogens (primary N) is 1. The van der Waals surface area contributed by atoms with Crippen LogP contribution in [0.25, 0.3) is 22.0 Å². The molecule has 2 aliphatic carbocycles. The number of nitrogens with one attached hydrogen (secondary N) is 1. The number of nitrogens with zero attached hydrogens (tertiary/aromatic N) is 1. The summed E-state index contributed by atoms with van der Waals surface area (Å²) in [5, 5.41) is 14.1. The normalized spacial score (nSPS) is 21.0. The van der Waals surface area contributed by atoms with Crippen molar-refractivity contribution in [2.75, 3.05) is 5.32 Å². The highest BCUT2D eigenvalue weighted by Crippen LogP contribution is 2.39. The first-order valence-electron chi connectivity index (χ1n) is 11.1. The molecule has 0 unspecified atom stereocenters. The lowest BCUT2D eigenvalue weighted by atomic mass is 9.91. The number of hydrogen-bond donors (Lipinski definition) is 3. The van der Waals surface area contributed by atoms with Crippen molar-refractivity contribution in [1.29, 1.82) is 0 Å². The van der Waals surface area contributed by atoms with Crippen LogP contribution in [0.15, 0.2) is 36.5 Å². The van der Waals surface area contributed by atoms with Gasteiger partial charge >= 0.3 is 0 Å². The summed E-state index contributed by atoms with van der Waals surface area (Å²) in [4.78, 5) is 17.6. The minimum Gasteiger partial charge on any atom is -0.504 e. The smallest absolute Gasteiger partial charge is 0.170 e. The van der Waals surface area contributed by atoms with Crippen LogP contribution in [0.2, 0.25) is 5.02 Å². The number of Topliss-reactive ketones (excluding diaryl/α,β-unsaturated/α-hetero) is 1. The van der Waals surface area contributed by atoms with Crippen molar-refractivity contribution in [2.45, 2.75) is 50.6 Å². The Morgan fingerprint density at radius 2 is 1.84 bits per heavy atom. The monoisotopic (exact) mass is 453 g/mol. The third-order valence-electron chi connectivity index (χ3n) is 6.55. The molecule has 32 heavy (non-hydrogen) atoms. The molecule has 0 amide bonds. The standard InChI is InChI=1S/C25H25ClFN3O2/c26-20-10-15(11-21(27)25(20)32)14-3-8-22-18(9-14)23(30-17-6-4-16(28)5-7-17)19(12-29-22)24(31)13-1-2-13/h3,8-13,16-17,32H,1-2,4-7,28H2,(H,29,30)/t16-,17-. The van der Waals surface area contributed by atoms with E-state index in [2.05, 4.69) is 10.3 Å². The van der Waals surface area contributed by atoms with E-state index in [-0.39, 0.29) is 28.8 Å². The largest absolute Gasteiger partial charge is 0.504 e. The summed E-state index contributed by atoms with van der Waals surface area (Å²) in [6, 6.07) is 8.85. The number of pyridine rings is 1. The summed E-state index contributed by atoms with van der Waals surface area (Å²) in [5.74, 6) is -1.14. The summed E-state index contributed by atoms with van der Waals surface area (Å²) in [6.07, 6.45) is 7.30. The molecule has 7 heteroatoms. The van der Waals surface area contributed by atoms with Gasteiger partial charge in [0.25, 0.3) is 0 Å². The number of benzene rings is 2. The lowest BCUT2D eigenvalue weighted by Gasteiger charge is -2.29. The van der Waals surface area contributed by atoms with E-state index in [0.29, 0.717) is 11.1 Å². The number of phenolic OH excluding ortho intramolecular Hbond substituents is 1. The highest BCUT2D eigenvalue weighted by Gasteiger charge is 2.33. The fourth-order valence-electron chi connectivity index (χ4n) is 4.48. The maximum Gasteiger partial charge on any atom is 0.170 e. The minimum absolute atomic E-state index is 0.0484. The van der Waals surface area contributed by atoms with Crippen molar-refractivity contribution in [3.05, 3.63) is 52.9 Å². The van der Waals surface area contributed by atoms with Gasteiger partial charge in [0.1, 0.15) is 0 Å². The molecule has 2 saturated carbocycles. The number of rotatable bonds is 5. The summed E-state index contributed by atoms with van der Waals surface area (Å²) in [7, 11) is 0. The molecule has 5 nitrogen and oxygen atoms in total. The maximum absolute atomic E-state index is 14.1. The van der Waals surface area contributed by atoms with Gasteiger partial charge in [0.05, 0.1) is 21.8 Å². The van der Waals surface area contributed by atoms with E-state index in [4.69, 9.17) is 17.3 Å². The van der Waals surface area contributed by atoms with Crippen LogP contribution >= 0.6 is 11.6 Å². The Morgan fingerprint density at radius 1 is 1.09 bits per heavy atom. The van der Waals surface area contributed by atoms with Crippen molar-refractivity contribution >= 4 is 34.0 Å². The van der Waals surface area contributed by atoms with E-state index in [1.807, 2.05) is 18.2 Å². The van der Waals surface area contributed by atoms with Gasteiger partial charge in [0.2, 0.25) is 0 Å². The second kappa shape index (κ2) is 8.34. The van der Waals surface area contributed by atoms with Crippen LogP contribution in [0.4, 0.5) is 10.1 Å². The Hall–Kier alpha value is -2.70. The van der Waals surface area contributed by atoms with Gasteiger partial charge in [-0.05, 0) is 73.9 Å². The summed E-state index contributed by atoms with van der Waals surface area (Å²) < 4.78 is 14.1. The molecule has 5 rings (SSSR count). The van der Waals surface area contributed by atoms with Crippen LogP contribution in [0.3, 0.4) is 0 Å². The van der Waals surface area contributed by atoms with Crippen LogP contribution in [-0.2, 0) is 0 Å². The van der Waals surface area contributed by atoms with Crippen molar-refractivity contribution in [2.24, 2.45) is 11.7 Å². The fraction of sp³-hybridized carbons (Fsp3) is 0.360. The van der Waals surface area contributed by atoms with Crippen LogP contribution < -0.4 is 11.1 Å². The molecule has 166 valence electrons. The van der Waals surface area contributed by atoms with Crippen LogP contribution in [0.5, 0.6) is 5.75 Å². The number of aromatic nitrogens is 1. The van der Waals surface area contributed by atoms with E-state index in [1.54, 1.807) is 6.20 Å². The zero-order valence-corrected chi connectivity index (χ0v) is 18.3. The Bertz CT molecular complexity index is 1180. The molecule has 0 bridgehead atoms. The van der Waals surface area contributed by atoms with Crippen LogP contribution in [0, 0.1) is 11.7 Å². The Balaban J connectivity index is 1.62. The molecular formula is C25H25ClFN3O2. The van der Waals surface area contributed by atoms with Gasteiger partial charge in [-0.3, -0.25) is 9.78 Å². The van der Waals surface area contributed by atoms with Crippen molar-refractivity contribution < 1.29 is 14.3 Å². The van der Waals surface area contributed by atoms with Gasteiger partial charge in [-0.25, -0.2) is 4.39 Å². The lowest BCUT2D eigenvalue weighted by molar-refractivity contribution is 0.0968. The molecule has 2 aromatic carbocycles. The first-order valence-corrected chi connectivity index (χ1v) is 11.5. The van der Waals surface area contributed by atoms with E-state index in [0.717, 1.165) is 60.7 Å². The van der Waals surface area contributed by atoms with Gasteiger partial charge in [-0.15, -0.1) is 0 Å². The number of anilines is 1. The lowest BCUT2D eigenvalue weighted by Crippen LogP contribution is -2.33. The number of fused-ring (bicyclic) bond motifs is 1. The number of hydrogen-bond acceptors (Lipinski definition) is 5. The molecule has 0 radical (unpaired) electrons. The fourth-order valence-corrected chi connectivity index (χ4v) is 4.69. The predicted octanol–water partition coefficient (Wildman–Crippen LogP) is 5.67. The van der Waals surface area contributed by atoms with Crippen LogP contribution in [0.1, 0.15) is 48.9 Å². The topological polar surface area (TPSA) is 88.2 Å². The zero-order chi connectivity index (χ0) is 22.4. The molecule has 3 aromatic rings. The number of carbonyl (C=O) groups excluding carboxylic acids is 1. The van der Waals surface area contributed by atoms with E-state index in [9.17, 15) is 14.3 Å². The summed E-state index contributed by atoms with van der Waals surface area (Å²) in [6.45, 7) is 0. The molecule has 4 N–H and O–H groups in total. The van der Waals surface area contributed by atoms with E-state index < -0.39 is 11.6 Å². The molecule has 0 aliphatic heterocycles. The SMILES string of the molecule is N[C@H]1CC[C@H](Nc2c(C(=O)C3CC3)cnc3ccc(-c4cc(F)c(O)c(Cl)c4)cc23)CC1. The zero-order valence-electron chi connectivity index (χ0n) is 17.6.